The van der Waals surface area contributed by atoms with Gasteiger partial charge in [-0.25, -0.2) is 4.68 Å². The van der Waals surface area contributed by atoms with Crippen molar-refractivity contribution in [3.63, 3.8) is 0 Å². The van der Waals surface area contributed by atoms with E-state index in [-0.39, 0.29) is 11.5 Å². The first-order valence-electron chi connectivity index (χ1n) is 9.78. The highest BCUT2D eigenvalue weighted by molar-refractivity contribution is 6.01. The van der Waals surface area contributed by atoms with Crippen molar-refractivity contribution >= 4 is 17.8 Å². The maximum absolute atomic E-state index is 12.5. The lowest BCUT2D eigenvalue weighted by Gasteiger charge is -2.14. The minimum absolute atomic E-state index is 0.0917. The summed E-state index contributed by atoms with van der Waals surface area (Å²) in [5.74, 6) is 1.29. The minimum atomic E-state index is -2.96. The number of hydrogen-bond donors (Lipinski definition) is 1. The van der Waals surface area contributed by atoms with E-state index in [1.54, 1.807) is 37.2 Å². The third-order valence-electron chi connectivity index (χ3n) is 4.60. The summed E-state index contributed by atoms with van der Waals surface area (Å²) in [5.41, 5.74) is 1.39. The molecule has 0 aliphatic rings. The molecule has 0 saturated heterocycles. The molecule has 10 heteroatoms. The number of carbonyl (C=O) groups excluding carboxylic acids is 1. The highest BCUT2D eigenvalue weighted by Gasteiger charge is 2.13. The molecule has 1 heterocycles. The van der Waals surface area contributed by atoms with Crippen molar-refractivity contribution in [3.05, 3.63) is 65.9 Å². The van der Waals surface area contributed by atoms with E-state index >= 15 is 0 Å². The lowest BCUT2D eigenvalue weighted by atomic mass is 10.2. The van der Waals surface area contributed by atoms with Gasteiger partial charge in [-0.1, -0.05) is 18.2 Å². The van der Waals surface area contributed by atoms with Crippen LogP contribution in [0.1, 0.15) is 11.1 Å². The number of ether oxygens (including phenoxy) is 4. The Balaban J connectivity index is 1.71. The number of halogens is 2. The monoisotopic (exact) mass is 459 g/mol. The molecule has 3 rings (SSSR count). The molecule has 174 valence electrons. The second-order valence-electron chi connectivity index (χ2n) is 6.64. The van der Waals surface area contributed by atoms with Crippen LogP contribution in [0.5, 0.6) is 23.0 Å². The van der Waals surface area contributed by atoms with Gasteiger partial charge in [0.05, 0.1) is 34.1 Å². The fraction of sp³-hybridized carbons (Fsp3) is 0.217. The quantitative estimate of drug-likeness (QED) is 0.458. The van der Waals surface area contributed by atoms with Crippen molar-refractivity contribution in [1.29, 1.82) is 0 Å². The lowest BCUT2D eigenvalue weighted by Crippen LogP contribution is -2.14. The van der Waals surface area contributed by atoms with E-state index in [4.69, 9.17) is 14.2 Å². The van der Waals surface area contributed by atoms with Crippen LogP contribution in [0.2, 0.25) is 0 Å². The third-order valence-corrected chi connectivity index (χ3v) is 4.60. The number of benzene rings is 2. The zero-order valence-corrected chi connectivity index (χ0v) is 18.2. The summed E-state index contributed by atoms with van der Waals surface area (Å²) in [4.78, 5) is 12.4. The summed E-state index contributed by atoms with van der Waals surface area (Å²) in [6, 6.07) is 11.5. The van der Waals surface area contributed by atoms with Crippen molar-refractivity contribution in [1.82, 2.24) is 9.78 Å². The number of alkyl halides is 2. The number of rotatable bonds is 10. The number of nitrogens with one attached hydrogen (secondary N) is 1. The molecule has 0 fully saturated rings. The molecule has 0 bridgehead atoms. The molecule has 33 heavy (non-hydrogen) atoms. The predicted octanol–water partition coefficient (Wildman–Crippen LogP) is 4.21. The molecular weight excluding hydrogens is 436 g/mol. The Morgan fingerprint density at radius 2 is 1.85 bits per heavy atom. The van der Waals surface area contributed by atoms with Crippen molar-refractivity contribution in [2.45, 2.75) is 13.2 Å². The number of methoxy groups -OCH3 is 3. The van der Waals surface area contributed by atoms with Gasteiger partial charge in [0.15, 0.2) is 23.0 Å². The maximum atomic E-state index is 12.5. The molecule has 0 radical (unpaired) electrons. The number of hydrogen-bond acceptors (Lipinski definition) is 6. The molecule has 0 aliphatic carbocycles. The smallest absolute Gasteiger partial charge is 0.387 e. The fourth-order valence-electron chi connectivity index (χ4n) is 3.13. The summed E-state index contributed by atoms with van der Waals surface area (Å²) in [5, 5.41) is 7.02. The first kappa shape index (κ1) is 23.6. The van der Waals surface area contributed by atoms with Crippen molar-refractivity contribution in [3.8, 4) is 23.0 Å². The molecule has 0 unspecified atom stereocenters. The third kappa shape index (κ3) is 6.00. The second-order valence-corrected chi connectivity index (χ2v) is 6.64. The van der Waals surface area contributed by atoms with Gasteiger partial charge in [-0.05, 0) is 29.8 Å². The lowest BCUT2D eigenvalue weighted by molar-refractivity contribution is -0.111. The van der Waals surface area contributed by atoms with Crippen LogP contribution < -0.4 is 24.3 Å². The van der Waals surface area contributed by atoms with Crippen molar-refractivity contribution in [2.75, 3.05) is 26.6 Å². The number of amides is 1. The first-order chi connectivity index (χ1) is 15.9. The van der Waals surface area contributed by atoms with Crippen LogP contribution in [-0.4, -0.2) is 43.6 Å². The molecule has 8 nitrogen and oxygen atoms in total. The van der Waals surface area contributed by atoms with Crippen molar-refractivity contribution in [2.24, 2.45) is 0 Å². The zero-order valence-electron chi connectivity index (χ0n) is 18.2. The number of para-hydroxylation sites is 1. The number of nitrogens with zero attached hydrogens (tertiary/aromatic N) is 2. The molecule has 2 aromatic carbocycles. The largest absolute Gasteiger partial charge is 0.493 e. The van der Waals surface area contributed by atoms with E-state index in [0.29, 0.717) is 29.4 Å². The van der Waals surface area contributed by atoms with Crippen LogP contribution in [0.25, 0.3) is 6.08 Å². The topological polar surface area (TPSA) is 83.8 Å². The van der Waals surface area contributed by atoms with Crippen molar-refractivity contribution < 1.29 is 32.5 Å². The van der Waals surface area contributed by atoms with E-state index in [1.807, 2.05) is 12.1 Å². The normalized spacial score (nSPS) is 11.0. The number of anilines is 1. The van der Waals surface area contributed by atoms with E-state index < -0.39 is 12.5 Å². The summed E-state index contributed by atoms with van der Waals surface area (Å²) < 4.78 is 46.8. The molecule has 0 spiro atoms. The second kappa shape index (κ2) is 11.0. The van der Waals surface area contributed by atoms with E-state index in [9.17, 15) is 13.6 Å². The fourth-order valence-corrected chi connectivity index (χ4v) is 3.13. The Morgan fingerprint density at radius 1 is 1.06 bits per heavy atom. The summed E-state index contributed by atoms with van der Waals surface area (Å²) in [6.07, 6.45) is 4.40. The van der Waals surface area contributed by atoms with Gasteiger partial charge in [-0.3, -0.25) is 4.79 Å². The Labute approximate surface area is 189 Å². The maximum Gasteiger partial charge on any atom is 0.387 e. The van der Waals surface area contributed by atoms with Gasteiger partial charge in [0.1, 0.15) is 5.82 Å². The molecule has 0 aliphatic heterocycles. The molecule has 0 atom stereocenters. The molecule has 1 amide bonds. The van der Waals surface area contributed by atoms with E-state index in [1.165, 1.54) is 37.5 Å². The van der Waals surface area contributed by atoms with Gasteiger partial charge in [0.25, 0.3) is 0 Å². The van der Waals surface area contributed by atoms with Gasteiger partial charge < -0.3 is 24.3 Å². The highest BCUT2D eigenvalue weighted by Crippen LogP contribution is 2.32. The molecule has 1 N–H and O–H groups in total. The Bertz CT molecular complexity index is 1130. The SMILES string of the molecule is COc1cc(C=CC(=O)Nc2ccnn2Cc2cccc(OC)c2OC)ccc1OC(F)F. The number of carbonyl (C=O) groups is 1. The zero-order chi connectivity index (χ0) is 23.8. The standard InChI is InChI=1S/C23H23F2N3O5/c1-30-18-6-4-5-16(22(18)32-3)14-28-20(11-12-26-28)27-21(29)10-8-15-7-9-17(33-23(24)25)19(13-15)31-2/h4-13,23H,14H2,1-3H3,(H,27,29). The van der Waals surface area contributed by atoms with Crippen LogP contribution >= 0.6 is 0 Å². The Hall–Kier alpha value is -4.08. The van der Waals surface area contributed by atoms with Crippen LogP contribution in [0, 0.1) is 0 Å². The minimum Gasteiger partial charge on any atom is -0.493 e. The Kier molecular flexibility index (Phi) is 7.85. The van der Waals surface area contributed by atoms with Crippen LogP contribution in [0.15, 0.2) is 54.7 Å². The van der Waals surface area contributed by atoms with Crippen LogP contribution in [-0.2, 0) is 11.3 Å². The van der Waals surface area contributed by atoms with Gasteiger partial charge in [0, 0.05) is 17.7 Å². The summed E-state index contributed by atoms with van der Waals surface area (Å²) in [6.45, 7) is -2.62. The van der Waals surface area contributed by atoms with E-state index in [2.05, 4.69) is 15.2 Å². The van der Waals surface area contributed by atoms with Crippen LogP contribution in [0.4, 0.5) is 14.6 Å². The average molecular weight is 459 g/mol. The summed E-state index contributed by atoms with van der Waals surface area (Å²) in [7, 11) is 4.45. The summed E-state index contributed by atoms with van der Waals surface area (Å²) >= 11 is 0. The molecule has 0 saturated carbocycles. The average Bonchev–Trinajstić information content (AvgIpc) is 3.24. The predicted molar refractivity (Wildman–Crippen MR) is 118 cm³/mol. The van der Waals surface area contributed by atoms with Gasteiger partial charge in [-0.2, -0.15) is 13.9 Å². The Morgan fingerprint density at radius 3 is 2.55 bits per heavy atom. The van der Waals surface area contributed by atoms with Gasteiger partial charge in [0.2, 0.25) is 5.91 Å². The molecule has 1 aromatic heterocycles. The van der Waals surface area contributed by atoms with Gasteiger partial charge >= 0.3 is 6.61 Å². The van der Waals surface area contributed by atoms with Crippen LogP contribution in [0.3, 0.4) is 0 Å². The van der Waals surface area contributed by atoms with E-state index in [0.717, 1.165) is 5.56 Å². The van der Waals surface area contributed by atoms with Gasteiger partial charge in [-0.15, -0.1) is 0 Å². The molecular formula is C23H23F2N3O5. The highest BCUT2D eigenvalue weighted by atomic mass is 19.3. The number of aromatic nitrogens is 2. The first-order valence-corrected chi connectivity index (χ1v) is 9.78. The molecule has 3 aromatic rings.